The molecule has 8 nitrogen and oxygen atoms in total. The van der Waals surface area contributed by atoms with E-state index in [2.05, 4.69) is 20.6 Å². The molecule has 0 saturated carbocycles. The number of aliphatic imine (C=N–C) groups is 1. The molecule has 0 spiro atoms. The van der Waals surface area contributed by atoms with Crippen LogP contribution in [0.5, 0.6) is 5.75 Å². The number of sulfone groups is 1. The van der Waals surface area contributed by atoms with E-state index in [-0.39, 0.29) is 4.90 Å². The molecule has 2 aromatic carbocycles. The van der Waals surface area contributed by atoms with Gasteiger partial charge in [-0.15, -0.1) is 0 Å². The van der Waals surface area contributed by atoms with E-state index in [4.69, 9.17) is 9.15 Å². The highest BCUT2D eigenvalue weighted by molar-refractivity contribution is 7.90. The zero-order chi connectivity index (χ0) is 22.3. The van der Waals surface area contributed by atoms with Crippen LogP contribution < -0.4 is 15.4 Å². The predicted molar refractivity (Wildman–Crippen MR) is 120 cm³/mol. The smallest absolute Gasteiger partial charge is 0.226 e. The average molecular weight is 443 g/mol. The minimum atomic E-state index is -3.21. The summed E-state index contributed by atoms with van der Waals surface area (Å²) >= 11 is 0. The minimum Gasteiger partial charge on any atom is -0.492 e. The summed E-state index contributed by atoms with van der Waals surface area (Å²) in [7, 11) is -1.53. The molecule has 0 aliphatic heterocycles. The molecular weight excluding hydrogens is 416 g/mol. The number of hydrogen-bond acceptors (Lipinski definition) is 6. The number of aromatic nitrogens is 1. The molecule has 0 amide bonds. The standard InChI is InChI=1S/C22H26N4O4S/c1-16-4-6-17(7-5-16)21-26-18(15-30-21)14-25-22(23-2)24-12-13-29-19-8-10-20(11-9-19)31(3,27)28/h4-11,15H,12-14H2,1-3H3,(H2,23,24,25). The summed E-state index contributed by atoms with van der Waals surface area (Å²) in [6.45, 7) is 3.40. The van der Waals surface area contributed by atoms with Crippen LogP contribution in [0.15, 0.2) is 69.1 Å². The van der Waals surface area contributed by atoms with Crippen LogP contribution in [-0.2, 0) is 16.4 Å². The zero-order valence-corrected chi connectivity index (χ0v) is 18.6. The van der Waals surface area contributed by atoms with Crippen molar-refractivity contribution in [3.8, 4) is 17.2 Å². The van der Waals surface area contributed by atoms with Crippen molar-refractivity contribution in [2.75, 3.05) is 26.5 Å². The van der Waals surface area contributed by atoms with Crippen molar-refractivity contribution in [1.29, 1.82) is 0 Å². The summed E-state index contributed by atoms with van der Waals surface area (Å²) in [6.07, 6.45) is 2.80. The lowest BCUT2D eigenvalue weighted by Gasteiger charge is -2.12. The Morgan fingerprint density at radius 3 is 2.45 bits per heavy atom. The number of ether oxygens (including phenoxy) is 1. The van der Waals surface area contributed by atoms with Gasteiger partial charge in [-0.3, -0.25) is 4.99 Å². The lowest BCUT2D eigenvalue weighted by Crippen LogP contribution is -2.38. The normalized spacial score (nSPS) is 11.9. The summed E-state index contributed by atoms with van der Waals surface area (Å²) < 4.78 is 34.2. The number of rotatable bonds is 8. The van der Waals surface area contributed by atoms with Gasteiger partial charge in [-0.1, -0.05) is 17.7 Å². The summed E-state index contributed by atoms with van der Waals surface area (Å²) in [5.74, 6) is 1.79. The fourth-order valence-corrected chi connectivity index (χ4v) is 3.36. The Morgan fingerprint density at radius 2 is 1.81 bits per heavy atom. The fourth-order valence-electron chi connectivity index (χ4n) is 2.73. The Kier molecular flexibility index (Phi) is 7.30. The van der Waals surface area contributed by atoms with Gasteiger partial charge in [0.05, 0.1) is 23.7 Å². The molecule has 31 heavy (non-hydrogen) atoms. The van der Waals surface area contributed by atoms with Crippen LogP contribution in [0.4, 0.5) is 0 Å². The SMILES string of the molecule is CN=C(NCCOc1ccc(S(C)(=O)=O)cc1)NCc1coc(-c2ccc(C)cc2)n1. The van der Waals surface area contributed by atoms with E-state index in [9.17, 15) is 8.42 Å². The van der Waals surface area contributed by atoms with Gasteiger partial charge in [0.25, 0.3) is 0 Å². The van der Waals surface area contributed by atoms with Gasteiger partial charge in [-0.05, 0) is 43.3 Å². The second kappa shape index (κ2) is 10.1. The first kappa shape index (κ1) is 22.4. The molecule has 0 atom stereocenters. The van der Waals surface area contributed by atoms with Crippen LogP contribution in [0.1, 0.15) is 11.3 Å². The molecule has 0 aliphatic carbocycles. The number of guanidine groups is 1. The van der Waals surface area contributed by atoms with Crippen LogP contribution in [0.25, 0.3) is 11.5 Å². The van der Waals surface area contributed by atoms with Gasteiger partial charge in [0.2, 0.25) is 5.89 Å². The number of aryl methyl sites for hydroxylation is 1. The fraction of sp³-hybridized carbons (Fsp3) is 0.273. The maximum atomic E-state index is 11.5. The van der Waals surface area contributed by atoms with Crippen molar-refractivity contribution < 1.29 is 17.6 Å². The van der Waals surface area contributed by atoms with E-state index < -0.39 is 9.84 Å². The van der Waals surface area contributed by atoms with Crippen molar-refractivity contribution in [2.24, 2.45) is 4.99 Å². The van der Waals surface area contributed by atoms with Crippen LogP contribution in [0, 0.1) is 6.92 Å². The molecule has 0 radical (unpaired) electrons. The molecular formula is C22H26N4O4S. The first-order valence-corrected chi connectivity index (χ1v) is 11.6. The third kappa shape index (κ3) is 6.58. The number of nitrogens with one attached hydrogen (secondary N) is 2. The third-order valence-electron chi connectivity index (χ3n) is 4.43. The topological polar surface area (TPSA) is 106 Å². The van der Waals surface area contributed by atoms with E-state index in [1.54, 1.807) is 25.4 Å². The Hall–Kier alpha value is -3.33. The van der Waals surface area contributed by atoms with Gasteiger partial charge in [0, 0.05) is 18.9 Å². The number of oxazole rings is 1. The van der Waals surface area contributed by atoms with Gasteiger partial charge in [-0.2, -0.15) is 0 Å². The number of nitrogens with zero attached hydrogens (tertiary/aromatic N) is 2. The first-order chi connectivity index (χ1) is 14.8. The summed E-state index contributed by atoms with van der Waals surface area (Å²) in [6, 6.07) is 14.3. The van der Waals surface area contributed by atoms with Crippen LogP contribution >= 0.6 is 0 Å². The predicted octanol–water partition coefficient (Wildman–Crippen LogP) is 2.80. The van der Waals surface area contributed by atoms with E-state index in [1.165, 1.54) is 24.0 Å². The van der Waals surface area contributed by atoms with Gasteiger partial charge in [0.1, 0.15) is 18.6 Å². The van der Waals surface area contributed by atoms with Crippen molar-refractivity contribution in [3.05, 3.63) is 66.1 Å². The Balaban J connectivity index is 1.42. The second-order valence-electron chi connectivity index (χ2n) is 6.95. The molecule has 3 aromatic rings. The highest BCUT2D eigenvalue weighted by Gasteiger charge is 2.08. The Bertz CT molecular complexity index is 1120. The van der Waals surface area contributed by atoms with E-state index in [1.807, 2.05) is 31.2 Å². The average Bonchev–Trinajstić information content (AvgIpc) is 3.22. The van der Waals surface area contributed by atoms with Crippen molar-refractivity contribution >= 4 is 15.8 Å². The maximum Gasteiger partial charge on any atom is 0.226 e. The lowest BCUT2D eigenvalue weighted by molar-refractivity contribution is 0.321. The number of benzene rings is 2. The maximum absolute atomic E-state index is 11.5. The van der Waals surface area contributed by atoms with Crippen LogP contribution in [0.2, 0.25) is 0 Å². The van der Waals surface area contributed by atoms with Gasteiger partial charge >= 0.3 is 0 Å². The van der Waals surface area contributed by atoms with Crippen molar-refractivity contribution in [1.82, 2.24) is 15.6 Å². The molecule has 0 fully saturated rings. The molecule has 9 heteroatoms. The lowest BCUT2D eigenvalue weighted by atomic mass is 10.1. The number of hydrogen-bond donors (Lipinski definition) is 2. The van der Waals surface area contributed by atoms with Crippen molar-refractivity contribution in [2.45, 2.75) is 18.4 Å². The molecule has 0 saturated heterocycles. The molecule has 1 aromatic heterocycles. The zero-order valence-electron chi connectivity index (χ0n) is 17.8. The Labute approximate surface area is 182 Å². The summed E-state index contributed by atoms with van der Waals surface area (Å²) in [5.41, 5.74) is 2.88. The Morgan fingerprint density at radius 1 is 1.10 bits per heavy atom. The first-order valence-electron chi connectivity index (χ1n) is 9.74. The summed E-state index contributed by atoms with van der Waals surface area (Å²) in [4.78, 5) is 8.94. The van der Waals surface area contributed by atoms with Gasteiger partial charge < -0.3 is 19.8 Å². The highest BCUT2D eigenvalue weighted by Crippen LogP contribution is 2.19. The van der Waals surface area contributed by atoms with Crippen molar-refractivity contribution in [3.63, 3.8) is 0 Å². The molecule has 2 N–H and O–H groups in total. The minimum absolute atomic E-state index is 0.265. The van der Waals surface area contributed by atoms with Crippen LogP contribution in [0.3, 0.4) is 0 Å². The largest absolute Gasteiger partial charge is 0.492 e. The van der Waals surface area contributed by atoms with Crippen LogP contribution in [-0.4, -0.2) is 45.8 Å². The molecule has 0 bridgehead atoms. The van der Waals surface area contributed by atoms with Gasteiger partial charge in [0.15, 0.2) is 15.8 Å². The van der Waals surface area contributed by atoms with E-state index in [0.717, 1.165) is 11.3 Å². The monoisotopic (exact) mass is 442 g/mol. The highest BCUT2D eigenvalue weighted by atomic mass is 32.2. The second-order valence-corrected chi connectivity index (χ2v) is 8.97. The molecule has 1 heterocycles. The third-order valence-corrected chi connectivity index (χ3v) is 5.55. The molecule has 164 valence electrons. The van der Waals surface area contributed by atoms with E-state index >= 15 is 0 Å². The molecule has 3 rings (SSSR count). The van der Waals surface area contributed by atoms with Gasteiger partial charge in [-0.25, -0.2) is 13.4 Å². The van der Waals surface area contributed by atoms with E-state index in [0.29, 0.717) is 37.3 Å². The molecule has 0 aliphatic rings. The quantitative estimate of drug-likeness (QED) is 0.314. The molecule has 0 unspecified atom stereocenters. The summed E-state index contributed by atoms with van der Waals surface area (Å²) in [5, 5.41) is 6.33.